The molecular formula is C20H20ClN5O2. The fourth-order valence-electron chi connectivity index (χ4n) is 3.01. The zero-order chi connectivity index (χ0) is 19.5. The monoisotopic (exact) mass is 397 g/mol. The number of halogens is 1. The summed E-state index contributed by atoms with van der Waals surface area (Å²) in [5.74, 6) is 1.18. The van der Waals surface area contributed by atoms with E-state index < -0.39 is 0 Å². The van der Waals surface area contributed by atoms with Crippen LogP contribution in [0.1, 0.15) is 18.4 Å². The van der Waals surface area contributed by atoms with Gasteiger partial charge in [-0.05, 0) is 47.9 Å². The number of carbonyl (C=O) groups is 1. The van der Waals surface area contributed by atoms with Crippen LogP contribution in [-0.2, 0) is 17.9 Å². The Labute approximate surface area is 167 Å². The third-order valence-electron chi connectivity index (χ3n) is 4.66. The van der Waals surface area contributed by atoms with Crippen LogP contribution in [0.4, 0.5) is 0 Å². The highest BCUT2D eigenvalue weighted by Crippen LogP contribution is 2.29. The van der Waals surface area contributed by atoms with Gasteiger partial charge in [-0.3, -0.25) is 4.79 Å². The van der Waals surface area contributed by atoms with Crippen molar-refractivity contribution in [1.29, 1.82) is 0 Å². The Morgan fingerprint density at radius 1 is 1.21 bits per heavy atom. The molecule has 28 heavy (non-hydrogen) atoms. The first-order chi connectivity index (χ1) is 13.6. The maximum atomic E-state index is 12.9. The summed E-state index contributed by atoms with van der Waals surface area (Å²) in [4.78, 5) is 16.1. The van der Waals surface area contributed by atoms with Gasteiger partial charge in [0.2, 0.25) is 11.7 Å². The van der Waals surface area contributed by atoms with Crippen LogP contribution in [0.2, 0.25) is 5.02 Å². The fourth-order valence-corrected chi connectivity index (χ4v) is 3.23. The first-order valence-corrected chi connectivity index (χ1v) is 9.47. The van der Waals surface area contributed by atoms with Gasteiger partial charge in [-0.2, -0.15) is 4.80 Å². The lowest BCUT2D eigenvalue weighted by atomic mass is 10.2. The first kappa shape index (κ1) is 18.4. The molecule has 1 saturated carbocycles. The van der Waals surface area contributed by atoms with Crippen LogP contribution in [0.3, 0.4) is 0 Å². The zero-order valence-corrected chi connectivity index (χ0v) is 16.2. The van der Waals surface area contributed by atoms with Gasteiger partial charge in [0.25, 0.3) is 0 Å². The van der Waals surface area contributed by atoms with Crippen LogP contribution >= 0.6 is 11.6 Å². The average Bonchev–Trinajstić information content (AvgIpc) is 3.45. The van der Waals surface area contributed by atoms with Crippen LogP contribution in [-0.4, -0.2) is 44.2 Å². The Balaban J connectivity index is 1.46. The van der Waals surface area contributed by atoms with Crippen molar-refractivity contribution in [2.75, 3.05) is 7.11 Å². The predicted molar refractivity (Wildman–Crippen MR) is 105 cm³/mol. The van der Waals surface area contributed by atoms with Gasteiger partial charge in [-0.25, -0.2) is 0 Å². The molecular weight excluding hydrogens is 378 g/mol. The number of methoxy groups -OCH3 is 1. The van der Waals surface area contributed by atoms with Crippen molar-refractivity contribution in [3.8, 4) is 17.1 Å². The molecule has 1 aromatic heterocycles. The number of hydrogen-bond acceptors (Lipinski definition) is 5. The fraction of sp³-hybridized carbons (Fsp3) is 0.300. The lowest BCUT2D eigenvalue weighted by molar-refractivity contribution is -0.133. The molecule has 2 aromatic carbocycles. The number of aromatic nitrogens is 4. The van der Waals surface area contributed by atoms with Crippen molar-refractivity contribution < 1.29 is 9.53 Å². The largest absolute Gasteiger partial charge is 0.497 e. The number of ether oxygens (including phenoxy) is 1. The molecule has 0 saturated heterocycles. The molecule has 0 aliphatic heterocycles. The highest BCUT2D eigenvalue weighted by Gasteiger charge is 2.33. The Bertz CT molecular complexity index is 969. The minimum absolute atomic E-state index is 0.0265. The smallest absolute Gasteiger partial charge is 0.246 e. The normalized spacial score (nSPS) is 13.4. The van der Waals surface area contributed by atoms with Gasteiger partial charge in [0.15, 0.2) is 0 Å². The molecule has 144 valence electrons. The molecule has 7 nitrogen and oxygen atoms in total. The third-order valence-corrected chi connectivity index (χ3v) is 4.99. The van der Waals surface area contributed by atoms with Crippen LogP contribution in [0.25, 0.3) is 11.4 Å². The Kier molecular flexibility index (Phi) is 5.25. The van der Waals surface area contributed by atoms with E-state index >= 15 is 0 Å². The summed E-state index contributed by atoms with van der Waals surface area (Å²) in [6, 6.07) is 15.3. The maximum Gasteiger partial charge on any atom is 0.246 e. The summed E-state index contributed by atoms with van der Waals surface area (Å²) in [6.45, 7) is 0.601. The molecule has 4 rings (SSSR count). The predicted octanol–water partition coefficient (Wildman–Crippen LogP) is 3.19. The van der Waals surface area contributed by atoms with E-state index in [4.69, 9.17) is 16.3 Å². The summed E-state index contributed by atoms with van der Waals surface area (Å²) in [7, 11) is 1.64. The van der Waals surface area contributed by atoms with Crippen molar-refractivity contribution in [3.05, 3.63) is 59.1 Å². The SMILES string of the molecule is COc1ccc(CN(C(=O)Cn2nnc(-c3ccccc3Cl)n2)C2CC2)cc1. The Hall–Kier alpha value is -2.93. The molecule has 0 N–H and O–H groups in total. The number of hydrogen-bond donors (Lipinski definition) is 0. The van der Waals surface area contributed by atoms with E-state index in [-0.39, 0.29) is 18.5 Å². The van der Waals surface area contributed by atoms with Crippen molar-refractivity contribution in [3.63, 3.8) is 0 Å². The van der Waals surface area contributed by atoms with E-state index in [0.717, 1.165) is 24.2 Å². The van der Waals surface area contributed by atoms with Crippen molar-refractivity contribution >= 4 is 17.5 Å². The minimum Gasteiger partial charge on any atom is -0.497 e. The molecule has 1 aliphatic rings. The van der Waals surface area contributed by atoms with E-state index in [1.54, 1.807) is 13.2 Å². The summed E-state index contributed by atoms with van der Waals surface area (Å²) >= 11 is 6.18. The van der Waals surface area contributed by atoms with Gasteiger partial charge < -0.3 is 9.64 Å². The van der Waals surface area contributed by atoms with Crippen molar-refractivity contribution in [2.24, 2.45) is 0 Å². The quantitative estimate of drug-likeness (QED) is 0.612. The molecule has 0 bridgehead atoms. The van der Waals surface area contributed by atoms with Gasteiger partial charge >= 0.3 is 0 Å². The molecule has 3 aromatic rings. The first-order valence-electron chi connectivity index (χ1n) is 9.09. The lowest BCUT2D eigenvalue weighted by Crippen LogP contribution is -2.35. The van der Waals surface area contributed by atoms with E-state index in [1.807, 2.05) is 47.4 Å². The molecule has 1 amide bonds. The summed E-state index contributed by atoms with van der Waals surface area (Å²) < 4.78 is 5.19. The lowest BCUT2D eigenvalue weighted by Gasteiger charge is -2.22. The van der Waals surface area contributed by atoms with Crippen LogP contribution < -0.4 is 4.74 Å². The maximum absolute atomic E-state index is 12.9. The van der Waals surface area contributed by atoms with Gasteiger partial charge in [-0.1, -0.05) is 35.9 Å². The molecule has 0 spiro atoms. The third kappa shape index (κ3) is 4.14. The van der Waals surface area contributed by atoms with Crippen LogP contribution in [0.5, 0.6) is 5.75 Å². The zero-order valence-electron chi connectivity index (χ0n) is 15.5. The number of rotatable bonds is 7. The second-order valence-electron chi connectivity index (χ2n) is 6.72. The Morgan fingerprint density at radius 3 is 2.64 bits per heavy atom. The highest BCUT2D eigenvalue weighted by molar-refractivity contribution is 6.33. The summed E-state index contributed by atoms with van der Waals surface area (Å²) in [6.07, 6.45) is 2.05. The summed E-state index contributed by atoms with van der Waals surface area (Å²) in [5, 5.41) is 12.9. The van der Waals surface area contributed by atoms with E-state index in [2.05, 4.69) is 15.4 Å². The average molecular weight is 398 g/mol. The standard InChI is InChI=1S/C20H20ClN5O2/c1-28-16-10-6-14(7-11-16)12-25(15-8-9-15)19(27)13-26-23-20(22-24-26)17-4-2-3-5-18(17)21/h2-7,10-11,15H,8-9,12-13H2,1H3. The molecule has 1 fully saturated rings. The van der Waals surface area contributed by atoms with E-state index in [0.29, 0.717) is 23.0 Å². The Morgan fingerprint density at radius 2 is 1.96 bits per heavy atom. The molecule has 0 radical (unpaired) electrons. The molecule has 0 unspecified atom stereocenters. The number of amides is 1. The van der Waals surface area contributed by atoms with E-state index in [1.165, 1.54) is 4.80 Å². The molecule has 1 aliphatic carbocycles. The topological polar surface area (TPSA) is 73.1 Å². The van der Waals surface area contributed by atoms with Crippen molar-refractivity contribution in [2.45, 2.75) is 32.0 Å². The van der Waals surface area contributed by atoms with Crippen molar-refractivity contribution in [1.82, 2.24) is 25.1 Å². The van der Waals surface area contributed by atoms with Crippen LogP contribution in [0.15, 0.2) is 48.5 Å². The minimum atomic E-state index is -0.0265. The number of carbonyl (C=O) groups excluding carboxylic acids is 1. The van der Waals surface area contributed by atoms with Gasteiger partial charge in [-0.15, -0.1) is 10.2 Å². The highest BCUT2D eigenvalue weighted by atomic mass is 35.5. The summed E-state index contributed by atoms with van der Waals surface area (Å²) in [5.41, 5.74) is 1.75. The van der Waals surface area contributed by atoms with Gasteiger partial charge in [0.05, 0.1) is 12.1 Å². The van der Waals surface area contributed by atoms with Gasteiger partial charge in [0, 0.05) is 18.2 Å². The van der Waals surface area contributed by atoms with E-state index in [9.17, 15) is 4.79 Å². The van der Waals surface area contributed by atoms with Crippen LogP contribution in [0, 0.1) is 0 Å². The second kappa shape index (κ2) is 7.98. The van der Waals surface area contributed by atoms with Gasteiger partial charge in [0.1, 0.15) is 12.3 Å². The molecule has 0 atom stereocenters. The molecule has 1 heterocycles. The number of tetrazole rings is 1. The number of nitrogens with zero attached hydrogens (tertiary/aromatic N) is 5. The second-order valence-corrected chi connectivity index (χ2v) is 7.13. The number of benzene rings is 2. The molecule has 8 heteroatoms.